The van der Waals surface area contributed by atoms with E-state index in [2.05, 4.69) is 109 Å². The molecule has 1 aliphatic carbocycles. The fourth-order valence-electron chi connectivity index (χ4n) is 7.58. The molecule has 0 unspecified atom stereocenters. The lowest BCUT2D eigenvalue weighted by molar-refractivity contribution is 0.414. The van der Waals surface area contributed by atoms with Crippen molar-refractivity contribution in [3.63, 3.8) is 0 Å². The van der Waals surface area contributed by atoms with Crippen LogP contribution in [0.3, 0.4) is 0 Å². The molecule has 6 heteroatoms. The zero-order valence-corrected chi connectivity index (χ0v) is 30.1. The van der Waals surface area contributed by atoms with Crippen LogP contribution in [0.2, 0.25) is 0 Å². The Kier molecular flexibility index (Phi) is 9.33. The van der Waals surface area contributed by atoms with E-state index < -0.39 is 0 Å². The summed E-state index contributed by atoms with van der Waals surface area (Å²) < 4.78 is 22.0. The highest BCUT2D eigenvalue weighted by Crippen LogP contribution is 2.55. The molecule has 0 bridgehead atoms. The van der Waals surface area contributed by atoms with Crippen molar-refractivity contribution in [1.29, 1.82) is 0 Å². The van der Waals surface area contributed by atoms with Gasteiger partial charge in [0.1, 0.15) is 23.0 Å². The van der Waals surface area contributed by atoms with E-state index in [1.807, 2.05) is 48.5 Å². The number of methoxy groups -OCH3 is 4. The molecule has 6 aromatic rings. The topological polar surface area (TPSA) is 43.4 Å². The molecule has 0 aliphatic heterocycles. The van der Waals surface area contributed by atoms with Crippen LogP contribution < -0.4 is 28.7 Å². The number of ether oxygens (including phenoxy) is 4. The normalized spacial score (nSPS) is 12.4. The Morgan fingerprint density at radius 1 is 0.373 bits per heavy atom. The van der Waals surface area contributed by atoms with Crippen LogP contribution in [0.5, 0.6) is 23.0 Å². The van der Waals surface area contributed by atoms with Gasteiger partial charge in [0.2, 0.25) is 0 Å². The molecule has 0 saturated heterocycles. The molecular formula is C45H44N2O4. The number of fused-ring (bicyclic) bond motifs is 3. The number of benzene rings is 6. The maximum atomic E-state index is 5.50. The minimum Gasteiger partial charge on any atom is -0.497 e. The highest BCUT2D eigenvalue weighted by atomic mass is 16.5. The summed E-state index contributed by atoms with van der Waals surface area (Å²) in [6.07, 6.45) is 1.93. The molecule has 51 heavy (non-hydrogen) atoms. The third-order valence-electron chi connectivity index (χ3n) is 10.4. The Morgan fingerprint density at radius 3 is 0.863 bits per heavy atom. The standard InChI is InChI=1S/C45H44N2O4/c1-7-45(8-2)43-29-35(46(31-9-19-37(48-3)20-10-31)32-11-21-38(49-4)22-12-32)17-27-41(43)42-28-18-36(30-44(42)45)47(33-13-23-39(50-5)24-14-33)34-15-25-40(51-6)26-16-34/h9-30H,7-8H2,1-6H3. The van der Waals surface area contributed by atoms with E-state index in [1.54, 1.807) is 28.4 Å². The van der Waals surface area contributed by atoms with Crippen molar-refractivity contribution in [1.82, 2.24) is 0 Å². The Bertz CT molecular complexity index is 1860. The van der Waals surface area contributed by atoms with E-state index in [0.717, 1.165) is 70.0 Å². The molecule has 258 valence electrons. The molecule has 0 amide bonds. The van der Waals surface area contributed by atoms with Crippen molar-refractivity contribution in [3.8, 4) is 34.1 Å². The smallest absolute Gasteiger partial charge is 0.119 e. The van der Waals surface area contributed by atoms with Gasteiger partial charge in [-0.1, -0.05) is 26.0 Å². The van der Waals surface area contributed by atoms with Gasteiger partial charge in [0, 0.05) is 39.5 Å². The maximum Gasteiger partial charge on any atom is 0.119 e. The van der Waals surface area contributed by atoms with Gasteiger partial charge in [-0.25, -0.2) is 0 Å². The zero-order valence-electron chi connectivity index (χ0n) is 30.1. The summed E-state index contributed by atoms with van der Waals surface area (Å²) in [4.78, 5) is 4.61. The van der Waals surface area contributed by atoms with Gasteiger partial charge in [-0.15, -0.1) is 0 Å². The third-order valence-corrected chi connectivity index (χ3v) is 10.4. The summed E-state index contributed by atoms with van der Waals surface area (Å²) in [5, 5.41) is 0. The zero-order chi connectivity index (χ0) is 35.5. The highest BCUT2D eigenvalue weighted by molar-refractivity contribution is 5.88. The lowest BCUT2D eigenvalue weighted by Crippen LogP contribution is -2.24. The molecule has 0 radical (unpaired) electrons. The van der Waals surface area contributed by atoms with Gasteiger partial charge in [0.25, 0.3) is 0 Å². The van der Waals surface area contributed by atoms with E-state index in [4.69, 9.17) is 18.9 Å². The van der Waals surface area contributed by atoms with Crippen LogP contribution in [0, 0.1) is 0 Å². The number of hydrogen-bond acceptors (Lipinski definition) is 6. The van der Waals surface area contributed by atoms with Gasteiger partial charge < -0.3 is 28.7 Å². The van der Waals surface area contributed by atoms with Crippen molar-refractivity contribution in [2.24, 2.45) is 0 Å². The molecule has 0 fully saturated rings. The van der Waals surface area contributed by atoms with E-state index in [9.17, 15) is 0 Å². The second-order valence-corrected chi connectivity index (χ2v) is 12.7. The van der Waals surface area contributed by atoms with Crippen LogP contribution in [0.15, 0.2) is 133 Å². The van der Waals surface area contributed by atoms with Crippen molar-refractivity contribution >= 4 is 34.1 Å². The molecule has 0 aromatic heterocycles. The molecule has 1 aliphatic rings. The minimum absolute atomic E-state index is 0.173. The Morgan fingerprint density at radius 2 is 0.627 bits per heavy atom. The van der Waals surface area contributed by atoms with Gasteiger partial charge in [0.15, 0.2) is 0 Å². The molecular weight excluding hydrogens is 633 g/mol. The fraction of sp³-hybridized carbons (Fsp3) is 0.200. The summed E-state index contributed by atoms with van der Waals surface area (Å²) in [6.45, 7) is 4.63. The first kappa shape index (κ1) is 33.6. The number of anilines is 6. The lowest BCUT2D eigenvalue weighted by Gasteiger charge is -2.33. The molecule has 6 nitrogen and oxygen atoms in total. The summed E-state index contributed by atoms with van der Waals surface area (Å²) in [7, 11) is 6.79. The minimum atomic E-state index is -0.173. The lowest BCUT2D eigenvalue weighted by atomic mass is 9.73. The van der Waals surface area contributed by atoms with Crippen LogP contribution in [0.4, 0.5) is 34.1 Å². The van der Waals surface area contributed by atoms with Crippen LogP contribution in [-0.2, 0) is 5.41 Å². The van der Waals surface area contributed by atoms with Crippen molar-refractivity contribution in [2.75, 3.05) is 38.2 Å². The van der Waals surface area contributed by atoms with Crippen molar-refractivity contribution < 1.29 is 18.9 Å². The van der Waals surface area contributed by atoms with Crippen LogP contribution in [-0.4, -0.2) is 28.4 Å². The SMILES string of the molecule is CCC1(CC)c2cc(N(c3ccc(OC)cc3)c3ccc(OC)cc3)ccc2-c2ccc(N(c3ccc(OC)cc3)c3ccc(OC)cc3)cc21. The average molecular weight is 677 g/mol. The quantitative estimate of drug-likeness (QED) is 0.129. The average Bonchev–Trinajstić information content (AvgIpc) is 3.47. The van der Waals surface area contributed by atoms with Gasteiger partial charge in [-0.2, -0.15) is 0 Å². The predicted octanol–water partition coefficient (Wildman–Crippen LogP) is 11.7. The van der Waals surface area contributed by atoms with Crippen LogP contribution >= 0.6 is 0 Å². The van der Waals surface area contributed by atoms with E-state index in [1.165, 1.54) is 22.3 Å². The van der Waals surface area contributed by atoms with E-state index in [0.29, 0.717) is 0 Å². The van der Waals surface area contributed by atoms with Crippen LogP contribution in [0.1, 0.15) is 37.8 Å². The molecule has 6 aromatic carbocycles. The largest absolute Gasteiger partial charge is 0.497 e. The Hall–Kier alpha value is -5.88. The van der Waals surface area contributed by atoms with E-state index >= 15 is 0 Å². The van der Waals surface area contributed by atoms with Crippen LogP contribution in [0.25, 0.3) is 11.1 Å². The van der Waals surface area contributed by atoms with Gasteiger partial charge in [-0.3, -0.25) is 0 Å². The summed E-state index contributed by atoms with van der Waals surface area (Å²) in [5.41, 5.74) is 11.5. The molecule has 0 spiro atoms. The third kappa shape index (κ3) is 6.01. The number of nitrogens with zero attached hydrogens (tertiary/aromatic N) is 2. The summed E-state index contributed by atoms with van der Waals surface area (Å²) in [5.74, 6) is 3.29. The second kappa shape index (κ2) is 14.2. The summed E-state index contributed by atoms with van der Waals surface area (Å²) >= 11 is 0. The first-order valence-electron chi connectivity index (χ1n) is 17.4. The fourth-order valence-corrected chi connectivity index (χ4v) is 7.58. The number of hydrogen-bond donors (Lipinski definition) is 0. The van der Waals surface area contributed by atoms with Gasteiger partial charge >= 0.3 is 0 Å². The molecule has 0 atom stereocenters. The first-order chi connectivity index (χ1) is 25.0. The molecule has 0 N–H and O–H groups in total. The van der Waals surface area contributed by atoms with Gasteiger partial charge in [0.05, 0.1) is 28.4 Å². The molecule has 7 rings (SSSR count). The Labute approximate surface area is 301 Å². The van der Waals surface area contributed by atoms with Crippen molar-refractivity contribution in [2.45, 2.75) is 32.1 Å². The van der Waals surface area contributed by atoms with Gasteiger partial charge in [-0.05, 0) is 156 Å². The Balaban J connectivity index is 1.36. The monoisotopic (exact) mass is 676 g/mol. The van der Waals surface area contributed by atoms with E-state index in [-0.39, 0.29) is 5.41 Å². The molecule has 0 saturated carbocycles. The first-order valence-corrected chi connectivity index (χ1v) is 17.4. The molecule has 0 heterocycles. The highest BCUT2D eigenvalue weighted by Gasteiger charge is 2.41. The maximum absolute atomic E-state index is 5.50. The van der Waals surface area contributed by atoms with Crippen molar-refractivity contribution in [3.05, 3.63) is 145 Å². The number of rotatable bonds is 12. The second-order valence-electron chi connectivity index (χ2n) is 12.7. The summed E-state index contributed by atoms with van der Waals surface area (Å²) in [6, 6.07) is 46.9. The predicted molar refractivity (Wildman–Crippen MR) is 209 cm³/mol.